The van der Waals surface area contributed by atoms with Crippen molar-refractivity contribution in [2.24, 2.45) is 0 Å². The molecule has 1 N–H and O–H groups in total. The van der Waals surface area contributed by atoms with Gasteiger partial charge in [-0.2, -0.15) is 0 Å². The summed E-state index contributed by atoms with van der Waals surface area (Å²) in [4.78, 5) is 5.02. The van der Waals surface area contributed by atoms with Gasteiger partial charge in [-0.15, -0.1) is 11.3 Å². The first-order valence-corrected chi connectivity index (χ1v) is 6.36. The van der Waals surface area contributed by atoms with Crippen LogP contribution in [-0.2, 0) is 6.54 Å². The first-order valence-electron chi connectivity index (χ1n) is 5.16. The molecule has 5 heteroatoms. The summed E-state index contributed by atoms with van der Waals surface area (Å²) >= 11 is 7.23. The first kappa shape index (κ1) is 11.6. The summed E-state index contributed by atoms with van der Waals surface area (Å²) in [5.41, 5.74) is 0. The van der Waals surface area contributed by atoms with Crippen molar-refractivity contribution in [3.05, 3.63) is 39.6 Å². The fraction of sp³-hybridized carbons (Fsp3) is 0.364. The molecule has 2 rings (SSSR count). The lowest BCUT2D eigenvalue weighted by atomic mass is 10.2. The third kappa shape index (κ3) is 2.29. The zero-order valence-corrected chi connectivity index (χ0v) is 10.5. The van der Waals surface area contributed by atoms with Crippen LogP contribution in [-0.4, -0.2) is 14.7 Å². The topological polar surface area (TPSA) is 38.0 Å². The van der Waals surface area contributed by atoms with Crippen LogP contribution in [0, 0.1) is 0 Å². The van der Waals surface area contributed by atoms with Crippen LogP contribution in [0.1, 0.15) is 30.2 Å². The van der Waals surface area contributed by atoms with E-state index in [2.05, 4.69) is 11.9 Å². The van der Waals surface area contributed by atoms with Gasteiger partial charge in [-0.05, 0) is 18.6 Å². The van der Waals surface area contributed by atoms with Gasteiger partial charge in [-0.3, -0.25) is 0 Å². The maximum absolute atomic E-state index is 10.2. The maximum atomic E-state index is 10.2. The van der Waals surface area contributed by atoms with Gasteiger partial charge in [0.25, 0.3) is 0 Å². The summed E-state index contributed by atoms with van der Waals surface area (Å²) < 4.78 is 2.65. The van der Waals surface area contributed by atoms with Gasteiger partial charge in [0.2, 0.25) is 0 Å². The fourth-order valence-corrected chi connectivity index (χ4v) is 2.65. The largest absolute Gasteiger partial charge is 0.380 e. The monoisotopic (exact) mass is 256 g/mol. The van der Waals surface area contributed by atoms with Crippen molar-refractivity contribution in [3.63, 3.8) is 0 Å². The Kier molecular flexibility index (Phi) is 3.63. The number of hydrogen-bond donors (Lipinski definition) is 1. The second kappa shape index (κ2) is 4.99. The number of aliphatic hydroxyl groups is 1. The second-order valence-electron chi connectivity index (χ2n) is 3.52. The van der Waals surface area contributed by atoms with Gasteiger partial charge >= 0.3 is 0 Å². The predicted molar refractivity (Wildman–Crippen MR) is 65.9 cm³/mol. The van der Waals surface area contributed by atoms with Gasteiger partial charge in [-0.25, -0.2) is 4.98 Å². The molecule has 0 aliphatic heterocycles. The molecule has 2 aromatic heterocycles. The van der Waals surface area contributed by atoms with Crippen molar-refractivity contribution in [1.82, 2.24) is 9.55 Å². The van der Waals surface area contributed by atoms with E-state index in [1.165, 1.54) is 11.3 Å². The molecule has 3 nitrogen and oxygen atoms in total. The minimum absolute atomic E-state index is 0.681. The number of hydrogen-bond acceptors (Lipinski definition) is 3. The van der Waals surface area contributed by atoms with Crippen LogP contribution in [0.3, 0.4) is 0 Å². The van der Waals surface area contributed by atoms with Gasteiger partial charge in [-0.1, -0.05) is 18.5 Å². The minimum atomic E-state index is -0.681. The van der Waals surface area contributed by atoms with E-state index in [0.717, 1.165) is 17.8 Å². The molecular weight excluding hydrogens is 244 g/mol. The second-order valence-corrected chi connectivity index (χ2v) is 5.27. The maximum Gasteiger partial charge on any atom is 0.146 e. The number of aliphatic hydroxyl groups excluding tert-OH is 1. The number of aryl methyl sites for hydroxylation is 1. The molecule has 0 bridgehead atoms. The van der Waals surface area contributed by atoms with E-state index < -0.39 is 6.10 Å². The summed E-state index contributed by atoms with van der Waals surface area (Å²) in [7, 11) is 0. The lowest BCUT2D eigenvalue weighted by Crippen LogP contribution is -2.08. The van der Waals surface area contributed by atoms with Crippen molar-refractivity contribution < 1.29 is 5.11 Å². The number of thiophene rings is 1. The van der Waals surface area contributed by atoms with Crippen molar-refractivity contribution in [2.45, 2.75) is 26.0 Å². The number of halogens is 1. The first-order chi connectivity index (χ1) is 7.72. The molecule has 0 saturated carbocycles. The number of imidazole rings is 1. The van der Waals surface area contributed by atoms with E-state index in [1.807, 2.05) is 16.8 Å². The molecule has 0 aliphatic carbocycles. The van der Waals surface area contributed by atoms with Crippen LogP contribution in [0.5, 0.6) is 0 Å². The molecule has 0 aromatic carbocycles. The third-order valence-electron chi connectivity index (χ3n) is 2.32. The zero-order valence-electron chi connectivity index (χ0n) is 8.93. The van der Waals surface area contributed by atoms with Crippen molar-refractivity contribution in [3.8, 4) is 0 Å². The normalized spacial score (nSPS) is 12.9. The van der Waals surface area contributed by atoms with Gasteiger partial charge in [0.1, 0.15) is 11.9 Å². The van der Waals surface area contributed by atoms with Crippen molar-refractivity contribution >= 4 is 22.9 Å². The molecule has 2 aromatic rings. The third-order valence-corrected chi connectivity index (χ3v) is 3.60. The lowest BCUT2D eigenvalue weighted by molar-refractivity contribution is 0.208. The van der Waals surface area contributed by atoms with Crippen LogP contribution >= 0.6 is 22.9 Å². The van der Waals surface area contributed by atoms with Crippen molar-refractivity contribution in [2.75, 3.05) is 0 Å². The molecule has 16 heavy (non-hydrogen) atoms. The zero-order chi connectivity index (χ0) is 11.5. The Labute approximate surface area is 103 Å². The Balaban J connectivity index is 2.26. The Morgan fingerprint density at radius 1 is 1.56 bits per heavy atom. The summed E-state index contributed by atoms with van der Waals surface area (Å²) in [6.07, 6.45) is 3.93. The standard InChI is InChI=1S/C11H13ClN2OS/c1-2-6-14-7-5-13-11(14)10(15)8-3-4-9(12)16-8/h3-5,7,10,15H,2,6H2,1H3. The van der Waals surface area contributed by atoms with Crippen LogP contribution in [0.2, 0.25) is 4.34 Å². The fourth-order valence-electron chi connectivity index (χ4n) is 1.60. The van der Waals surface area contributed by atoms with Gasteiger partial charge < -0.3 is 9.67 Å². The van der Waals surface area contributed by atoms with E-state index >= 15 is 0 Å². The Morgan fingerprint density at radius 3 is 3.00 bits per heavy atom. The smallest absolute Gasteiger partial charge is 0.146 e. The number of aromatic nitrogens is 2. The summed E-state index contributed by atoms with van der Waals surface area (Å²) in [6.45, 7) is 2.96. The highest BCUT2D eigenvalue weighted by molar-refractivity contribution is 7.16. The van der Waals surface area contributed by atoms with Crippen LogP contribution < -0.4 is 0 Å². The van der Waals surface area contributed by atoms with E-state index in [9.17, 15) is 5.11 Å². The molecule has 0 aliphatic rings. The van der Waals surface area contributed by atoms with E-state index in [1.54, 1.807) is 12.3 Å². The Hall–Kier alpha value is -0.840. The van der Waals surface area contributed by atoms with Crippen LogP contribution in [0.25, 0.3) is 0 Å². The molecule has 0 spiro atoms. The molecule has 0 fully saturated rings. The highest BCUT2D eigenvalue weighted by Crippen LogP contribution is 2.30. The minimum Gasteiger partial charge on any atom is -0.380 e. The quantitative estimate of drug-likeness (QED) is 0.913. The Bertz CT molecular complexity index is 466. The molecular formula is C11H13ClN2OS. The molecule has 2 heterocycles. The average Bonchev–Trinajstić information content (AvgIpc) is 2.87. The van der Waals surface area contributed by atoms with E-state index in [-0.39, 0.29) is 0 Å². The predicted octanol–water partition coefficient (Wildman–Crippen LogP) is 3.09. The van der Waals surface area contributed by atoms with Gasteiger partial charge in [0, 0.05) is 23.8 Å². The molecule has 1 atom stereocenters. The molecule has 1 unspecified atom stereocenters. The summed E-state index contributed by atoms with van der Waals surface area (Å²) in [5, 5.41) is 10.2. The van der Waals surface area contributed by atoms with Gasteiger partial charge in [0.05, 0.1) is 4.34 Å². The summed E-state index contributed by atoms with van der Waals surface area (Å²) in [6, 6.07) is 3.63. The van der Waals surface area contributed by atoms with Crippen molar-refractivity contribution in [1.29, 1.82) is 0 Å². The molecule has 0 saturated heterocycles. The summed E-state index contributed by atoms with van der Waals surface area (Å²) in [5.74, 6) is 0.681. The van der Waals surface area contributed by atoms with Gasteiger partial charge in [0.15, 0.2) is 0 Å². The Morgan fingerprint density at radius 2 is 2.38 bits per heavy atom. The van der Waals surface area contributed by atoms with E-state index in [0.29, 0.717) is 10.2 Å². The number of nitrogens with zero attached hydrogens (tertiary/aromatic N) is 2. The number of rotatable bonds is 4. The molecule has 0 amide bonds. The molecule has 0 radical (unpaired) electrons. The highest BCUT2D eigenvalue weighted by atomic mass is 35.5. The molecule has 86 valence electrons. The van der Waals surface area contributed by atoms with E-state index in [4.69, 9.17) is 11.6 Å². The van der Waals surface area contributed by atoms with Crippen LogP contribution in [0.4, 0.5) is 0 Å². The SMILES string of the molecule is CCCn1ccnc1C(O)c1ccc(Cl)s1. The average molecular weight is 257 g/mol. The lowest BCUT2D eigenvalue weighted by Gasteiger charge is -2.10. The highest BCUT2D eigenvalue weighted by Gasteiger charge is 2.17. The van der Waals surface area contributed by atoms with Crippen LogP contribution in [0.15, 0.2) is 24.5 Å².